The molecular weight excluding hydrogens is 264 g/mol. The van der Waals surface area contributed by atoms with E-state index in [0.29, 0.717) is 30.6 Å². The highest BCUT2D eigenvalue weighted by Gasteiger charge is 2.20. The summed E-state index contributed by atoms with van der Waals surface area (Å²) in [6.07, 6.45) is 2.18. The van der Waals surface area contributed by atoms with Gasteiger partial charge in [-0.05, 0) is 44.2 Å². The van der Waals surface area contributed by atoms with Gasteiger partial charge < -0.3 is 10.8 Å². The van der Waals surface area contributed by atoms with E-state index in [2.05, 4.69) is 4.72 Å². The molecule has 1 rings (SSSR count). The van der Waals surface area contributed by atoms with Crippen LogP contribution in [0.15, 0.2) is 17.0 Å². The molecule has 0 aromatic heterocycles. The number of aliphatic hydroxyl groups is 1. The predicted molar refractivity (Wildman–Crippen MR) is 76.5 cm³/mol. The first kappa shape index (κ1) is 15.9. The SMILES string of the molecule is Cc1ccc(C)c(S(=O)(=O)NCCCCCO)c1N. The van der Waals surface area contributed by atoms with E-state index in [1.807, 2.05) is 6.07 Å². The Morgan fingerprint density at radius 3 is 2.42 bits per heavy atom. The molecular formula is C13H22N2O3S. The lowest BCUT2D eigenvalue weighted by atomic mass is 10.1. The number of anilines is 1. The molecule has 0 bridgehead atoms. The predicted octanol–water partition coefficient (Wildman–Crippen LogP) is 1.33. The third-order valence-corrected chi connectivity index (χ3v) is 4.67. The minimum atomic E-state index is -3.57. The maximum absolute atomic E-state index is 12.2. The maximum atomic E-state index is 12.2. The van der Waals surface area contributed by atoms with Gasteiger partial charge in [0.25, 0.3) is 0 Å². The van der Waals surface area contributed by atoms with Crippen LogP contribution in [0, 0.1) is 13.8 Å². The number of nitrogens with two attached hydrogens (primary N) is 1. The Balaban J connectivity index is 2.81. The zero-order valence-corrected chi connectivity index (χ0v) is 12.3. The molecule has 19 heavy (non-hydrogen) atoms. The van der Waals surface area contributed by atoms with Gasteiger partial charge in [-0.25, -0.2) is 13.1 Å². The quantitative estimate of drug-likeness (QED) is 0.521. The Morgan fingerprint density at radius 2 is 1.79 bits per heavy atom. The number of hydrogen-bond acceptors (Lipinski definition) is 4. The molecule has 0 radical (unpaired) electrons. The van der Waals surface area contributed by atoms with Crippen molar-refractivity contribution >= 4 is 15.7 Å². The normalized spacial score (nSPS) is 11.7. The first-order valence-electron chi connectivity index (χ1n) is 6.36. The van der Waals surface area contributed by atoms with Gasteiger partial charge in [0.2, 0.25) is 10.0 Å². The first-order valence-corrected chi connectivity index (χ1v) is 7.84. The summed E-state index contributed by atoms with van der Waals surface area (Å²) in [7, 11) is -3.57. The van der Waals surface area contributed by atoms with E-state index in [0.717, 1.165) is 12.0 Å². The summed E-state index contributed by atoms with van der Waals surface area (Å²) in [6.45, 7) is 4.01. The van der Waals surface area contributed by atoms with Crippen molar-refractivity contribution in [1.29, 1.82) is 0 Å². The van der Waals surface area contributed by atoms with Gasteiger partial charge in [0.15, 0.2) is 0 Å². The van der Waals surface area contributed by atoms with Crippen LogP contribution in [-0.4, -0.2) is 26.7 Å². The van der Waals surface area contributed by atoms with Crippen molar-refractivity contribution in [3.63, 3.8) is 0 Å². The van der Waals surface area contributed by atoms with Crippen molar-refractivity contribution in [2.75, 3.05) is 18.9 Å². The molecule has 0 atom stereocenters. The fraction of sp³-hybridized carbons (Fsp3) is 0.538. The Morgan fingerprint density at radius 1 is 1.16 bits per heavy atom. The molecule has 0 aliphatic carbocycles. The van der Waals surface area contributed by atoms with Gasteiger partial charge in [-0.15, -0.1) is 0 Å². The molecule has 108 valence electrons. The van der Waals surface area contributed by atoms with Crippen molar-refractivity contribution in [2.24, 2.45) is 0 Å². The van der Waals surface area contributed by atoms with Crippen LogP contribution in [0.5, 0.6) is 0 Å². The Labute approximate surface area is 114 Å². The summed E-state index contributed by atoms with van der Waals surface area (Å²) < 4.78 is 27.0. The number of aliphatic hydroxyl groups excluding tert-OH is 1. The highest BCUT2D eigenvalue weighted by Crippen LogP contribution is 2.25. The number of sulfonamides is 1. The lowest BCUT2D eigenvalue weighted by Crippen LogP contribution is -2.26. The molecule has 0 fully saturated rings. The number of nitrogen functional groups attached to an aromatic ring is 1. The van der Waals surface area contributed by atoms with Gasteiger partial charge in [0.05, 0.1) is 5.69 Å². The Bertz CT molecular complexity index is 527. The van der Waals surface area contributed by atoms with E-state index in [4.69, 9.17) is 10.8 Å². The molecule has 6 heteroatoms. The number of hydrogen-bond donors (Lipinski definition) is 3. The number of aryl methyl sites for hydroxylation is 2. The number of nitrogens with one attached hydrogen (secondary N) is 1. The van der Waals surface area contributed by atoms with E-state index in [9.17, 15) is 8.42 Å². The second-order valence-electron chi connectivity index (χ2n) is 4.62. The van der Waals surface area contributed by atoms with E-state index < -0.39 is 10.0 Å². The van der Waals surface area contributed by atoms with Crippen LogP contribution in [-0.2, 0) is 10.0 Å². The van der Waals surface area contributed by atoms with Crippen molar-refractivity contribution in [3.05, 3.63) is 23.3 Å². The van der Waals surface area contributed by atoms with E-state index in [-0.39, 0.29) is 11.5 Å². The molecule has 0 aliphatic heterocycles. The fourth-order valence-corrected chi connectivity index (χ4v) is 3.36. The third-order valence-electron chi connectivity index (χ3n) is 3.01. The maximum Gasteiger partial charge on any atom is 0.242 e. The largest absolute Gasteiger partial charge is 0.397 e. The molecule has 0 spiro atoms. The summed E-state index contributed by atoms with van der Waals surface area (Å²) >= 11 is 0. The first-order chi connectivity index (χ1) is 8.90. The molecule has 4 N–H and O–H groups in total. The van der Waals surface area contributed by atoms with Crippen LogP contribution in [0.4, 0.5) is 5.69 Å². The van der Waals surface area contributed by atoms with Crippen LogP contribution < -0.4 is 10.5 Å². The lowest BCUT2D eigenvalue weighted by molar-refractivity contribution is 0.283. The number of rotatable bonds is 7. The molecule has 0 aliphatic rings. The minimum absolute atomic E-state index is 0.136. The molecule has 0 saturated carbocycles. The Kier molecular flexibility index (Phi) is 5.78. The smallest absolute Gasteiger partial charge is 0.242 e. The summed E-state index contributed by atoms with van der Waals surface area (Å²) in [5.41, 5.74) is 7.58. The second kappa shape index (κ2) is 6.88. The zero-order chi connectivity index (χ0) is 14.5. The van der Waals surface area contributed by atoms with Crippen LogP contribution in [0.25, 0.3) is 0 Å². The summed E-state index contributed by atoms with van der Waals surface area (Å²) in [4.78, 5) is 0.176. The fourth-order valence-electron chi connectivity index (χ4n) is 1.86. The van der Waals surface area contributed by atoms with Crippen LogP contribution in [0.1, 0.15) is 30.4 Å². The standard InChI is InChI=1S/C13H22N2O3S/c1-10-6-7-11(2)13(12(10)14)19(17,18)15-8-4-3-5-9-16/h6-7,15-16H,3-5,8-9,14H2,1-2H3. The molecule has 0 amide bonds. The van der Waals surface area contributed by atoms with E-state index >= 15 is 0 Å². The van der Waals surface area contributed by atoms with E-state index in [1.165, 1.54) is 0 Å². The van der Waals surface area contributed by atoms with Crippen molar-refractivity contribution in [1.82, 2.24) is 4.72 Å². The van der Waals surface area contributed by atoms with Crippen molar-refractivity contribution in [3.8, 4) is 0 Å². The highest BCUT2D eigenvalue weighted by atomic mass is 32.2. The molecule has 5 nitrogen and oxygen atoms in total. The summed E-state index contributed by atoms with van der Waals surface area (Å²) in [5.74, 6) is 0. The second-order valence-corrected chi connectivity index (χ2v) is 6.33. The number of benzene rings is 1. The topological polar surface area (TPSA) is 92.4 Å². The van der Waals surface area contributed by atoms with Crippen molar-refractivity contribution in [2.45, 2.75) is 38.0 Å². The van der Waals surface area contributed by atoms with Crippen LogP contribution in [0.2, 0.25) is 0 Å². The average molecular weight is 286 g/mol. The van der Waals surface area contributed by atoms with Gasteiger partial charge in [0.1, 0.15) is 4.90 Å². The van der Waals surface area contributed by atoms with Gasteiger partial charge >= 0.3 is 0 Å². The van der Waals surface area contributed by atoms with Crippen molar-refractivity contribution < 1.29 is 13.5 Å². The van der Waals surface area contributed by atoms with Gasteiger partial charge in [-0.1, -0.05) is 12.1 Å². The van der Waals surface area contributed by atoms with Gasteiger partial charge in [-0.3, -0.25) is 0 Å². The zero-order valence-electron chi connectivity index (χ0n) is 11.4. The molecule has 1 aromatic rings. The summed E-state index contributed by atoms with van der Waals surface area (Å²) in [6, 6.07) is 3.57. The van der Waals surface area contributed by atoms with E-state index in [1.54, 1.807) is 19.9 Å². The average Bonchev–Trinajstić information content (AvgIpc) is 2.34. The van der Waals surface area contributed by atoms with Gasteiger partial charge in [0, 0.05) is 13.2 Å². The Hall–Kier alpha value is -1.11. The highest BCUT2D eigenvalue weighted by molar-refractivity contribution is 7.89. The van der Waals surface area contributed by atoms with Gasteiger partial charge in [-0.2, -0.15) is 0 Å². The van der Waals surface area contributed by atoms with Crippen LogP contribution >= 0.6 is 0 Å². The summed E-state index contributed by atoms with van der Waals surface area (Å²) in [5, 5.41) is 8.65. The number of unbranched alkanes of at least 4 members (excludes halogenated alkanes) is 2. The third kappa shape index (κ3) is 4.19. The molecule has 1 aromatic carbocycles. The molecule has 0 heterocycles. The monoisotopic (exact) mass is 286 g/mol. The molecule has 0 unspecified atom stereocenters. The lowest BCUT2D eigenvalue weighted by Gasteiger charge is -2.13. The molecule has 0 saturated heterocycles. The van der Waals surface area contributed by atoms with Crippen LogP contribution in [0.3, 0.4) is 0 Å². The minimum Gasteiger partial charge on any atom is -0.397 e.